The molecule has 1 unspecified atom stereocenters. The lowest BCUT2D eigenvalue weighted by molar-refractivity contribution is -0.124. The van der Waals surface area contributed by atoms with Crippen LogP contribution in [0.2, 0.25) is 0 Å². The molecule has 20 heavy (non-hydrogen) atoms. The Balaban J connectivity index is 1.62. The first kappa shape index (κ1) is 13.5. The maximum absolute atomic E-state index is 11.9. The van der Waals surface area contributed by atoms with Crippen LogP contribution in [0, 0.1) is 0 Å². The standard InChI is InChI=1S/C14H22N4O2/c1-9(16-13(19)14(15)7-8-14)12-17-11(18-20-12)10-5-3-2-4-6-10/h9-10H,2-8,15H2,1H3,(H,16,19). The van der Waals surface area contributed by atoms with E-state index in [9.17, 15) is 4.79 Å². The first-order valence-electron chi connectivity index (χ1n) is 7.52. The molecule has 110 valence electrons. The van der Waals surface area contributed by atoms with E-state index in [0.29, 0.717) is 11.8 Å². The van der Waals surface area contributed by atoms with Crippen LogP contribution in [-0.2, 0) is 4.79 Å². The quantitative estimate of drug-likeness (QED) is 0.875. The second kappa shape index (κ2) is 5.16. The Kier molecular flexibility index (Phi) is 3.50. The zero-order valence-corrected chi connectivity index (χ0v) is 11.9. The van der Waals surface area contributed by atoms with Crippen molar-refractivity contribution in [1.82, 2.24) is 15.5 Å². The summed E-state index contributed by atoms with van der Waals surface area (Å²) in [4.78, 5) is 16.3. The van der Waals surface area contributed by atoms with Crippen LogP contribution in [0.4, 0.5) is 0 Å². The highest BCUT2D eigenvalue weighted by Gasteiger charge is 2.46. The Labute approximate surface area is 118 Å². The molecule has 2 saturated carbocycles. The average Bonchev–Trinajstić information content (AvgIpc) is 3.04. The summed E-state index contributed by atoms with van der Waals surface area (Å²) in [5, 5.41) is 6.93. The van der Waals surface area contributed by atoms with Crippen LogP contribution in [0.1, 0.15) is 75.5 Å². The van der Waals surface area contributed by atoms with Gasteiger partial charge in [-0.1, -0.05) is 24.4 Å². The molecule has 6 nitrogen and oxygen atoms in total. The molecular formula is C14H22N4O2. The number of aromatic nitrogens is 2. The van der Waals surface area contributed by atoms with Crippen molar-refractivity contribution in [3.63, 3.8) is 0 Å². The molecule has 1 amide bonds. The van der Waals surface area contributed by atoms with E-state index in [0.717, 1.165) is 31.5 Å². The van der Waals surface area contributed by atoms with E-state index >= 15 is 0 Å². The Morgan fingerprint density at radius 1 is 1.40 bits per heavy atom. The molecule has 1 aromatic rings. The van der Waals surface area contributed by atoms with Crippen LogP contribution in [-0.4, -0.2) is 21.6 Å². The van der Waals surface area contributed by atoms with Gasteiger partial charge in [0, 0.05) is 5.92 Å². The second-order valence-corrected chi connectivity index (χ2v) is 6.18. The third-order valence-electron chi connectivity index (χ3n) is 4.39. The number of carbonyl (C=O) groups excluding carboxylic acids is 1. The second-order valence-electron chi connectivity index (χ2n) is 6.18. The van der Waals surface area contributed by atoms with Gasteiger partial charge >= 0.3 is 0 Å². The van der Waals surface area contributed by atoms with Crippen LogP contribution < -0.4 is 11.1 Å². The van der Waals surface area contributed by atoms with Gasteiger partial charge in [0.05, 0.1) is 5.54 Å². The van der Waals surface area contributed by atoms with Crippen LogP contribution in [0.5, 0.6) is 0 Å². The predicted molar refractivity (Wildman–Crippen MR) is 72.8 cm³/mol. The van der Waals surface area contributed by atoms with Gasteiger partial charge < -0.3 is 15.6 Å². The minimum Gasteiger partial charge on any atom is -0.343 e. The largest absolute Gasteiger partial charge is 0.343 e. The molecule has 0 saturated heterocycles. The predicted octanol–water partition coefficient (Wildman–Crippen LogP) is 1.79. The zero-order valence-electron chi connectivity index (χ0n) is 11.9. The maximum Gasteiger partial charge on any atom is 0.248 e. The minimum atomic E-state index is -0.666. The van der Waals surface area contributed by atoms with E-state index in [-0.39, 0.29) is 11.9 Å². The van der Waals surface area contributed by atoms with Gasteiger partial charge in [-0.15, -0.1) is 0 Å². The fourth-order valence-electron chi connectivity index (χ4n) is 2.71. The lowest BCUT2D eigenvalue weighted by Crippen LogP contribution is -2.43. The molecule has 0 aliphatic heterocycles. The molecule has 1 atom stereocenters. The SMILES string of the molecule is CC(NC(=O)C1(N)CC1)c1nc(C2CCCCC2)no1. The third-order valence-corrected chi connectivity index (χ3v) is 4.39. The summed E-state index contributed by atoms with van der Waals surface area (Å²) in [6.07, 6.45) is 7.53. The lowest BCUT2D eigenvalue weighted by atomic mass is 9.89. The number of amides is 1. The van der Waals surface area contributed by atoms with Crippen molar-refractivity contribution in [2.45, 2.75) is 69.4 Å². The summed E-state index contributed by atoms with van der Waals surface area (Å²) in [5.74, 6) is 1.55. The number of nitrogens with two attached hydrogens (primary N) is 1. The monoisotopic (exact) mass is 278 g/mol. The summed E-state index contributed by atoms with van der Waals surface area (Å²) in [7, 11) is 0. The molecular weight excluding hydrogens is 256 g/mol. The van der Waals surface area contributed by atoms with E-state index in [1.807, 2.05) is 6.92 Å². The number of rotatable bonds is 4. The Bertz CT molecular complexity index is 489. The topological polar surface area (TPSA) is 94.0 Å². The lowest BCUT2D eigenvalue weighted by Gasteiger charge is -2.17. The van der Waals surface area contributed by atoms with Crippen LogP contribution in [0.25, 0.3) is 0 Å². The molecule has 6 heteroatoms. The minimum absolute atomic E-state index is 0.123. The van der Waals surface area contributed by atoms with Gasteiger partial charge in [-0.05, 0) is 32.6 Å². The van der Waals surface area contributed by atoms with Crippen molar-refractivity contribution in [1.29, 1.82) is 0 Å². The Morgan fingerprint density at radius 3 is 2.75 bits per heavy atom. The molecule has 3 N–H and O–H groups in total. The van der Waals surface area contributed by atoms with Crippen molar-refractivity contribution in [2.75, 3.05) is 0 Å². The van der Waals surface area contributed by atoms with Crippen molar-refractivity contribution in [3.05, 3.63) is 11.7 Å². The normalized spacial score (nSPS) is 23.3. The van der Waals surface area contributed by atoms with Gasteiger partial charge in [0.15, 0.2) is 5.82 Å². The molecule has 2 aliphatic carbocycles. The van der Waals surface area contributed by atoms with Crippen LogP contribution in [0.15, 0.2) is 4.52 Å². The van der Waals surface area contributed by atoms with E-state index < -0.39 is 5.54 Å². The van der Waals surface area contributed by atoms with E-state index in [1.54, 1.807) is 0 Å². The van der Waals surface area contributed by atoms with Gasteiger partial charge in [0.1, 0.15) is 6.04 Å². The van der Waals surface area contributed by atoms with Gasteiger partial charge in [-0.25, -0.2) is 0 Å². The van der Waals surface area contributed by atoms with Crippen LogP contribution >= 0.6 is 0 Å². The van der Waals surface area contributed by atoms with Crippen LogP contribution in [0.3, 0.4) is 0 Å². The first-order valence-corrected chi connectivity index (χ1v) is 7.52. The summed E-state index contributed by atoms with van der Waals surface area (Å²) in [5.41, 5.74) is 5.19. The number of nitrogens with zero attached hydrogens (tertiary/aromatic N) is 2. The van der Waals surface area contributed by atoms with Gasteiger partial charge in [-0.2, -0.15) is 4.98 Å². The zero-order chi connectivity index (χ0) is 14.2. The summed E-state index contributed by atoms with van der Waals surface area (Å²) < 4.78 is 5.30. The van der Waals surface area contributed by atoms with E-state index in [1.165, 1.54) is 19.3 Å². The number of hydrogen-bond acceptors (Lipinski definition) is 5. The van der Waals surface area contributed by atoms with Crippen molar-refractivity contribution in [3.8, 4) is 0 Å². The smallest absolute Gasteiger partial charge is 0.248 e. The van der Waals surface area contributed by atoms with Gasteiger partial charge in [0.2, 0.25) is 11.8 Å². The molecule has 0 bridgehead atoms. The molecule has 0 radical (unpaired) electrons. The fourth-order valence-corrected chi connectivity index (χ4v) is 2.71. The molecule has 2 aliphatic rings. The molecule has 1 aromatic heterocycles. The number of nitrogens with one attached hydrogen (secondary N) is 1. The van der Waals surface area contributed by atoms with Gasteiger partial charge in [0.25, 0.3) is 0 Å². The summed E-state index contributed by atoms with van der Waals surface area (Å²) in [6, 6.07) is -0.284. The molecule has 3 rings (SSSR count). The third kappa shape index (κ3) is 2.70. The highest BCUT2D eigenvalue weighted by molar-refractivity contribution is 5.89. The van der Waals surface area contributed by atoms with E-state index in [2.05, 4.69) is 15.5 Å². The highest BCUT2D eigenvalue weighted by Crippen LogP contribution is 2.33. The van der Waals surface area contributed by atoms with Crippen molar-refractivity contribution >= 4 is 5.91 Å². The average molecular weight is 278 g/mol. The summed E-state index contributed by atoms with van der Waals surface area (Å²) in [6.45, 7) is 1.85. The Hall–Kier alpha value is -1.43. The number of hydrogen-bond donors (Lipinski definition) is 2. The summed E-state index contributed by atoms with van der Waals surface area (Å²) >= 11 is 0. The van der Waals surface area contributed by atoms with Gasteiger partial charge in [-0.3, -0.25) is 4.79 Å². The Morgan fingerprint density at radius 2 is 2.10 bits per heavy atom. The molecule has 0 spiro atoms. The maximum atomic E-state index is 11.9. The molecule has 0 aromatic carbocycles. The number of carbonyl (C=O) groups is 1. The fraction of sp³-hybridized carbons (Fsp3) is 0.786. The molecule has 1 heterocycles. The van der Waals surface area contributed by atoms with Crippen molar-refractivity contribution < 1.29 is 9.32 Å². The van der Waals surface area contributed by atoms with Crippen molar-refractivity contribution in [2.24, 2.45) is 5.73 Å². The highest BCUT2D eigenvalue weighted by atomic mass is 16.5. The first-order chi connectivity index (χ1) is 9.58. The molecule has 2 fully saturated rings. The van der Waals surface area contributed by atoms with E-state index in [4.69, 9.17) is 10.3 Å².